The predicted octanol–water partition coefficient (Wildman–Crippen LogP) is 4.77. The fraction of sp³-hybridized carbons (Fsp3) is 0.211. The molecule has 140 valence electrons. The zero-order chi connectivity index (χ0) is 19.1. The zero-order valence-corrected chi connectivity index (χ0v) is 16.2. The molecule has 3 rings (SSSR count). The van der Waals surface area contributed by atoms with Gasteiger partial charge in [0.05, 0.1) is 0 Å². The van der Waals surface area contributed by atoms with Gasteiger partial charge in [-0.2, -0.15) is 0 Å². The minimum absolute atomic E-state index is 0.0517. The van der Waals surface area contributed by atoms with Crippen molar-refractivity contribution in [2.45, 2.75) is 29.5 Å². The summed E-state index contributed by atoms with van der Waals surface area (Å²) < 4.78 is 20.0. The Bertz CT molecular complexity index is 889. The Morgan fingerprint density at radius 2 is 1.93 bits per heavy atom. The molecular formula is C19H18FN3O2S2. The number of halogens is 1. The summed E-state index contributed by atoms with van der Waals surface area (Å²) in [6, 6.07) is 16.0. The van der Waals surface area contributed by atoms with Gasteiger partial charge in [-0.1, -0.05) is 72.5 Å². The van der Waals surface area contributed by atoms with Crippen LogP contribution in [0.5, 0.6) is 5.75 Å². The topological polar surface area (TPSA) is 64.1 Å². The van der Waals surface area contributed by atoms with Crippen molar-refractivity contribution in [2.75, 3.05) is 5.32 Å². The number of nitrogens with zero attached hydrogens (tertiary/aromatic N) is 2. The third-order valence-electron chi connectivity index (χ3n) is 3.61. The molecule has 0 saturated carbocycles. The first-order valence-corrected chi connectivity index (χ1v) is 10.2. The fourth-order valence-corrected chi connectivity index (χ4v) is 3.95. The third kappa shape index (κ3) is 5.51. The minimum atomic E-state index is -0.814. The molecule has 1 aromatic heterocycles. The second kappa shape index (κ2) is 9.48. The maximum atomic E-state index is 13.7. The number of ether oxygens (including phenoxy) is 1. The van der Waals surface area contributed by atoms with Crippen molar-refractivity contribution in [2.24, 2.45) is 0 Å². The van der Waals surface area contributed by atoms with E-state index in [4.69, 9.17) is 4.74 Å². The van der Waals surface area contributed by atoms with Gasteiger partial charge < -0.3 is 4.74 Å². The number of anilines is 1. The molecule has 0 aliphatic carbocycles. The molecule has 1 amide bonds. The van der Waals surface area contributed by atoms with E-state index in [1.54, 1.807) is 30.8 Å². The van der Waals surface area contributed by atoms with E-state index >= 15 is 0 Å². The van der Waals surface area contributed by atoms with Gasteiger partial charge in [0, 0.05) is 5.75 Å². The highest BCUT2D eigenvalue weighted by molar-refractivity contribution is 8.00. The first-order chi connectivity index (χ1) is 13.2. The normalized spacial score (nSPS) is 11.8. The van der Waals surface area contributed by atoms with Crippen LogP contribution >= 0.6 is 23.1 Å². The van der Waals surface area contributed by atoms with Gasteiger partial charge in [-0.25, -0.2) is 4.39 Å². The van der Waals surface area contributed by atoms with Crippen molar-refractivity contribution < 1.29 is 13.9 Å². The van der Waals surface area contributed by atoms with Gasteiger partial charge in [-0.3, -0.25) is 10.1 Å². The molecule has 0 spiro atoms. The lowest BCUT2D eigenvalue weighted by Crippen LogP contribution is -2.32. The van der Waals surface area contributed by atoms with E-state index in [1.807, 2.05) is 30.3 Å². The van der Waals surface area contributed by atoms with E-state index < -0.39 is 11.9 Å². The summed E-state index contributed by atoms with van der Waals surface area (Å²) in [7, 11) is 0. The molecule has 2 aromatic carbocycles. The summed E-state index contributed by atoms with van der Waals surface area (Å²) >= 11 is 2.85. The molecule has 0 saturated heterocycles. The number of nitrogens with one attached hydrogen (secondary N) is 1. The van der Waals surface area contributed by atoms with E-state index in [1.165, 1.54) is 29.0 Å². The lowest BCUT2D eigenvalue weighted by Gasteiger charge is -2.16. The quantitative estimate of drug-likeness (QED) is 0.434. The number of benzene rings is 2. The molecule has 0 aliphatic heterocycles. The van der Waals surface area contributed by atoms with E-state index in [-0.39, 0.29) is 11.7 Å². The Balaban J connectivity index is 1.56. The largest absolute Gasteiger partial charge is 0.478 e. The van der Waals surface area contributed by atoms with Crippen molar-refractivity contribution >= 4 is 34.1 Å². The molecule has 1 N–H and O–H groups in total. The summed E-state index contributed by atoms with van der Waals surface area (Å²) in [6.45, 7) is 1.80. The highest BCUT2D eigenvalue weighted by Crippen LogP contribution is 2.28. The van der Waals surface area contributed by atoms with Crippen LogP contribution in [0.2, 0.25) is 0 Å². The van der Waals surface area contributed by atoms with Gasteiger partial charge in [-0.15, -0.1) is 10.2 Å². The number of amides is 1. The number of para-hydroxylation sites is 1. The van der Waals surface area contributed by atoms with Crippen molar-refractivity contribution in [3.05, 3.63) is 66.0 Å². The second-order valence-electron chi connectivity index (χ2n) is 5.58. The summed E-state index contributed by atoms with van der Waals surface area (Å²) in [6.07, 6.45) is -0.416. The number of rotatable bonds is 8. The Morgan fingerprint density at radius 3 is 2.67 bits per heavy atom. The standard InChI is InChI=1S/C19H18FN3O2S2/c1-2-15(25-16-11-7-6-10-14(16)20)17(24)21-18-22-23-19(27-18)26-12-13-8-4-3-5-9-13/h3-11,15H,2,12H2,1H3,(H,21,22,24)/t15-/m1/s1. The Morgan fingerprint density at radius 1 is 1.19 bits per heavy atom. The van der Waals surface area contributed by atoms with Crippen LogP contribution in [-0.4, -0.2) is 22.2 Å². The van der Waals surface area contributed by atoms with Crippen molar-refractivity contribution in [1.29, 1.82) is 0 Å². The highest BCUT2D eigenvalue weighted by Gasteiger charge is 2.21. The molecule has 0 radical (unpaired) electrons. The summed E-state index contributed by atoms with van der Waals surface area (Å²) in [5, 5.41) is 11.2. The number of aromatic nitrogens is 2. The number of carbonyl (C=O) groups is 1. The van der Waals surface area contributed by atoms with E-state index in [0.717, 1.165) is 10.1 Å². The van der Waals surface area contributed by atoms with Crippen LogP contribution in [0.25, 0.3) is 0 Å². The molecule has 0 aliphatic rings. The Labute approximate surface area is 165 Å². The number of hydrogen-bond donors (Lipinski definition) is 1. The van der Waals surface area contributed by atoms with Gasteiger partial charge in [0.25, 0.3) is 5.91 Å². The Hall–Kier alpha value is -2.45. The van der Waals surface area contributed by atoms with E-state index in [0.29, 0.717) is 11.6 Å². The maximum Gasteiger partial charge on any atom is 0.267 e. The van der Waals surface area contributed by atoms with Crippen LogP contribution in [-0.2, 0) is 10.5 Å². The first kappa shape index (κ1) is 19.3. The monoisotopic (exact) mass is 403 g/mol. The minimum Gasteiger partial charge on any atom is -0.478 e. The van der Waals surface area contributed by atoms with Crippen LogP contribution in [0.15, 0.2) is 58.9 Å². The first-order valence-electron chi connectivity index (χ1n) is 8.38. The average molecular weight is 404 g/mol. The second-order valence-corrected chi connectivity index (χ2v) is 7.78. The number of thioether (sulfide) groups is 1. The molecule has 5 nitrogen and oxygen atoms in total. The van der Waals surface area contributed by atoms with Gasteiger partial charge in [0.2, 0.25) is 5.13 Å². The van der Waals surface area contributed by atoms with E-state index in [2.05, 4.69) is 15.5 Å². The van der Waals surface area contributed by atoms with Crippen molar-refractivity contribution in [3.63, 3.8) is 0 Å². The van der Waals surface area contributed by atoms with Crippen LogP contribution < -0.4 is 10.1 Å². The third-order valence-corrected chi connectivity index (χ3v) is 5.65. The van der Waals surface area contributed by atoms with Gasteiger partial charge in [0.1, 0.15) is 0 Å². The van der Waals surface area contributed by atoms with Crippen LogP contribution in [0, 0.1) is 5.82 Å². The van der Waals surface area contributed by atoms with Gasteiger partial charge in [-0.05, 0) is 24.1 Å². The number of carbonyl (C=O) groups excluding carboxylic acids is 1. The zero-order valence-electron chi connectivity index (χ0n) is 14.6. The summed E-state index contributed by atoms with van der Waals surface area (Å²) in [4.78, 5) is 12.4. The van der Waals surface area contributed by atoms with Crippen LogP contribution in [0.1, 0.15) is 18.9 Å². The smallest absolute Gasteiger partial charge is 0.267 e. The lowest BCUT2D eigenvalue weighted by molar-refractivity contribution is -0.122. The Kier molecular flexibility index (Phi) is 6.78. The van der Waals surface area contributed by atoms with Crippen molar-refractivity contribution in [1.82, 2.24) is 10.2 Å². The maximum absolute atomic E-state index is 13.7. The molecule has 1 atom stereocenters. The average Bonchev–Trinajstić information content (AvgIpc) is 3.14. The van der Waals surface area contributed by atoms with Crippen LogP contribution in [0.4, 0.5) is 9.52 Å². The van der Waals surface area contributed by atoms with Crippen molar-refractivity contribution in [3.8, 4) is 5.75 Å². The molecular weight excluding hydrogens is 385 g/mol. The van der Waals surface area contributed by atoms with Gasteiger partial charge in [0.15, 0.2) is 22.0 Å². The molecule has 0 fully saturated rings. The van der Waals surface area contributed by atoms with Crippen LogP contribution in [0.3, 0.4) is 0 Å². The molecule has 3 aromatic rings. The van der Waals surface area contributed by atoms with Gasteiger partial charge >= 0.3 is 0 Å². The molecule has 0 unspecified atom stereocenters. The molecule has 8 heteroatoms. The highest BCUT2D eigenvalue weighted by atomic mass is 32.2. The number of hydrogen-bond acceptors (Lipinski definition) is 6. The lowest BCUT2D eigenvalue weighted by atomic mass is 10.2. The SMILES string of the molecule is CC[C@@H](Oc1ccccc1F)C(=O)Nc1nnc(SCc2ccccc2)s1. The predicted molar refractivity (Wildman–Crippen MR) is 106 cm³/mol. The fourth-order valence-electron chi connectivity index (χ4n) is 2.24. The molecule has 1 heterocycles. The molecule has 27 heavy (non-hydrogen) atoms. The van der Waals surface area contributed by atoms with E-state index in [9.17, 15) is 9.18 Å². The molecule has 0 bridgehead atoms. The summed E-state index contributed by atoms with van der Waals surface area (Å²) in [5.74, 6) is -0.0520. The summed E-state index contributed by atoms with van der Waals surface area (Å²) in [5.41, 5.74) is 1.19.